The van der Waals surface area contributed by atoms with Crippen LogP contribution in [0.1, 0.15) is 11.1 Å². The third-order valence-electron chi connectivity index (χ3n) is 5.47. The Balaban J connectivity index is 1.97. The highest BCUT2D eigenvalue weighted by molar-refractivity contribution is 6.02. The second kappa shape index (κ2) is 8.52. The molecule has 1 amide bonds. The van der Waals surface area contributed by atoms with Crippen molar-refractivity contribution in [2.75, 3.05) is 25.8 Å². The number of anilines is 2. The highest BCUT2D eigenvalue weighted by Crippen LogP contribution is 2.38. The van der Waals surface area contributed by atoms with Crippen molar-refractivity contribution in [1.82, 2.24) is 10.3 Å². The predicted molar refractivity (Wildman–Crippen MR) is 124 cm³/mol. The average molecular weight is 415 g/mol. The molecule has 158 valence electrons. The number of benzene rings is 3. The maximum Gasteiger partial charge on any atom is 0.408 e. The van der Waals surface area contributed by atoms with Crippen LogP contribution in [0, 0.1) is 13.8 Å². The number of fused-ring (bicyclic) bond motifs is 2. The molecule has 1 N–H and O–H groups in total. The summed E-state index contributed by atoms with van der Waals surface area (Å²) in [6.07, 6.45) is -0.483. The van der Waals surface area contributed by atoms with E-state index in [2.05, 4.69) is 31.3 Å². The molecule has 3 aromatic carbocycles. The van der Waals surface area contributed by atoms with Gasteiger partial charge in [-0.05, 0) is 67.4 Å². The van der Waals surface area contributed by atoms with Crippen LogP contribution in [0.3, 0.4) is 0 Å². The number of carbonyl (C=O) groups is 1. The Morgan fingerprint density at radius 2 is 1.81 bits per heavy atom. The summed E-state index contributed by atoms with van der Waals surface area (Å²) >= 11 is 0. The van der Waals surface area contributed by atoms with E-state index in [4.69, 9.17) is 14.5 Å². The van der Waals surface area contributed by atoms with Crippen LogP contribution in [-0.2, 0) is 4.74 Å². The van der Waals surface area contributed by atoms with Gasteiger partial charge in [0.25, 0.3) is 0 Å². The lowest BCUT2D eigenvalue weighted by Crippen LogP contribution is -2.28. The molecule has 1 heterocycles. The number of para-hydroxylation sites is 1. The summed E-state index contributed by atoms with van der Waals surface area (Å²) in [5.74, 6) is 0.780. The van der Waals surface area contributed by atoms with Crippen molar-refractivity contribution in [2.45, 2.75) is 13.8 Å². The van der Waals surface area contributed by atoms with E-state index in [1.165, 1.54) is 0 Å². The summed E-state index contributed by atoms with van der Waals surface area (Å²) in [5, 5.41) is 4.47. The zero-order chi connectivity index (χ0) is 22.0. The van der Waals surface area contributed by atoms with Crippen molar-refractivity contribution in [1.29, 1.82) is 0 Å². The van der Waals surface area contributed by atoms with Gasteiger partial charge < -0.3 is 19.7 Å². The zero-order valence-corrected chi connectivity index (χ0v) is 18.1. The van der Waals surface area contributed by atoms with Crippen LogP contribution in [0.5, 0.6) is 5.75 Å². The fraction of sp³-hybridized carbons (Fsp3) is 0.200. The van der Waals surface area contributed by atoms with Crippen LogP contribution < -0.4 is 15.0 Å². The van der Waals surface area contributed by atoms with Crippen LogP contribution in [0.2, 0.25) is 0 Å². The molecule has 4 rings (SSSR count). The smallest absolute Gasteiger partial charge is 0.408 e. The minimum Gasteiger partial charge on any atom is -0.497 e. The van der Waals surface area contributed by atoms with Gasteiger partial charge in [-0.15, -0.1) is 0 Å². The molecular formula is C25H25N3O3. The van der Waals surface area contributed by atoms with Crippen LogP contribution in [0.25, 0.3) is 21.8 Å². The maximum atomic E-state index is 11.9. The Kier molecular flexibility index (Phi) is 5.62. The largest absolute Gasteiger partial charge is 0.497 e. The molecule has 0 spiro atoms. The van der Waals surface area contributed by atoms with E-state index >= 15 is 0 Å². The van der Waals surface area contributed by atoms with Crippen molar-refractivity contribution in [3.63, 3.8) is 0 Å². The van der Waals surface area contributed by atoms with Crippen molar-refractivity contribution < 1.29 is 14.3 Å². The van der Waals surface area contributed by atoms with Crippen molar-refractivity contribution in [3.8, 4) is 5.75 Å². The molecule has 6 nitrogen and oxygen atoms in total. The second-order valence-electron chi connectivity index (χ2n) is 7.36. The molecule has 4 aromatic rings. The molecule has 0 fully saturated rings. The lowest BCUT2D eigenvalue weighted by molar-refractivity contribution is 0.151. The predicted octanol–water partition coefficient (Wildman–Crippen LogP) is 5.47. The SMILES string of the molecule is CNC(=O)OCN(c1ccccc1)c1c(C)c(C)cc2nc3ccc(OC)cc3cc12. The number of ether oxygens (including phenoxy) is 2. The molecule has 31 heavy (non-hydrogen) atoms. The molecule has 0 aliphatic carbocycles. The molecule has 0 atom stereocenters. The van der Waals surface area contributed by atoms with Crippen LogP contribution >= 0.6 is 0 Å². The van der Waals surface area contributed by atoms with Crippen LogP contribution in [0.4, 0.5) is 16.2 Å². The molecule has 0 saturated heterocycles. The van der Waals surface area contributed by atoms with Gasteiger partial charge >= 0.3 is 6.09 Å². The first-order chi connectivity index (χ1) is 15.0. The lowest BCUT2D eigenvalue weighted by atomic mass is 10.00. The van der Waals surface area contributed by atoms with Crippen LogP contribution in [0.15, 0.2) is 60.7 Å². The average Bonchev–Trinajstić information content (AvgIpc) is 2.80. The fourth-order valence-electron chi connectivity index (χ4n) is 3.72. The van der Waals surface area contributed by atoms with Gasteiger partial charge in [0.05, 0.1) is 23.8 Å². The number of amides is 1. The molecule has 0 aliphatic rings. The number of hydrogen-bond acceptors (Lipinski definition) is 5. The van der Waals surface area contributed by atoms with E-state index in [-0.39, 0.29) is 6.73 Å². The molecule has 1 aromatic heterocycles. The van der Waals surface area contributed by atoms with Gasteiger partial charge in [-0.3, -0.25) is 0 Å². The summed E-state index contributed by atoms with van der Waals surface area (Å²) in [4.78, 5) is 18.8. The molecule has 0 radical (unpaired) electrons. The van der Waals surface area contributed by atoms with E-state index in [0.29, 0.717) is 0 Å². The third-order valence-corrected chi connectivity index (χ3v) is 5.47. The maximum absolute atomic E-state index is 11.9. The molecule has 0 saturated carbocycles. The first kappa shape index (κ1) is 20.5. The van der Waals surface area contributed by atoms with Crippen molar-refractivity contribution in [2.24, 2.45) is 0 Å². The Hall–Kier alpha value is -3.80. The first-order valence-corrected chi connectivity index (χ1v) is 10.1. The van der Waals surface area contributed by atoms with Crippen molar-refractivity contribution in [3.05, 3.63) is 71.8 Å². The summed E-state index contributed by atoms with van der Waals surface area (Å²) in [7, 11) is 3.20. The number of aryl methyl sites for hydroxylation is 1. The molecular weight excluding hydrogens is 390 g/mol. The number of aromatic nitrogens is 1. The topological polar surface area (TPSA) is 63.7 Å². The third kappa shape index (κ3) is 3.97. The highest BCUT2D eigenvalue weighted by Gasteiger charge is 2.19. The summed E-state index contributed by atoms with van der Waals surface area (Å²) in [6.45, 7) is 4.22. The lowest BCUT2D eigenvalue weighted by Gasteiger charge is -2.28. The van der Waals surface area contributed by atoms with Crippen molar-refractivity contribution >= 4 is 39.3 Å². The van der Waals surface area contributed by atoms with Gasteiger partial charge in [0.2, 0.25) is 0 Å². The Labute approximate surface area is 181 Å². The molecule has 0 bridgehead atoms. The number of carbonyl (C=O) groups excluding carboxylic acids is 1. The van der Waals surface area contributed by atoms with E-state index < -0.39 is 6.09 Å². The van der Waals surface area contributed by atoms with E-state index in [1.54, 1.807) is 14.2 Å². The summed E-state index contributed by atoms with van der Waals surface area (Å²) in [6, 6.07) is 20.0. The van der Waals surface area contributed by atoms with Gasteiger partial charge in [0, 0.05) is 23.5 Å². The van der Waals surface area contributed by atoms with Crippen LogP contribution in [-0.4, -0.2) is 32.0 Å². The van der Waals surface area contributed by atoms with Gasteiger partial charge in [-0.2, -0.15) is 0 Å². The van der Waals surface area contributed by atoms with E-state index in [1.807, 2.05) is 53.4 Å². The fourth-order valence-corrected chi connectivity index (χ4v) is 3.72. The molecule has 0 unspecified atom stereocenters. The van der Waals surface area contributed by atoms with Gasteiger partial charge in [0.15, 0.2) is 6.73 Å². The van der Waals surface area contributed by atoms with Gasteiger partial charge in [-0.25, -0.2) is 9.78 Å². The highest BCUT2D eigenvalue weighted by atomic mass is 16.6. The first-order valence-electron chi connectivity index (χ1n) is 10.1. The zero-order valence-electron chi connectivity index (χ0n) is 18.1. The van der Waals surface area contributed by atoms with E-state index in [9.17, 15) is 4.79 Å². The Morgan fingerprint density at radius 3 is 2.52 bits per heavy atom. The summed E-state index contributed by atoms with van der Waals surface area (Å²) < 4.78 is 10.9. The standard InChI is InChI=1S/C25H25N3O3/c1-16-12-23-21(14-18-13-20(30-4)10-11-22(18)27-23)24(17(16)2)28(15-31-25(29)26-3)19-8-6-5-7-9-19/h5-14H,15H2,1-4H3,(H,26,29). The second-order valence-corrected chi connectivity index (χ2v) is 7.36. The minimum atomic E-state index is -0.483. The number of hydrogen-bond donors (Lipinski definition) is 1. The normalized spacial score (nSPS) is 10.8. The summed E-state index contributed by atoms with van der Waals surface area (Å²) in [5.41, 5.74) is 5.88. The Bertz CT molecular complexity index is 1260. The number of nitrogens with one attached hydrogen (secondary N) is 1. The number of rotatable bonds is 5. The number of alkyl carbamates (subject to hydrolysis) is 1. The van der Waals surface area contributed by atoms with Gasteiger partial charge in [-0.1, -0.05) is 18.2 Å². The number of nitrogens with zero attached hydrogens (tertiary/aromatic N) is 2. The monoisotopic (exact) mass is 415 g/mol. The molecule has 6 heteroatoms. The number of pyridine rings is 1. The Morgan fingerprint density at radius 1 is 1.03 bits per heavy atom. The molecule has 0 aliphatic heterocycles. The minimum absolute atomic E-state index is 0.0687. The van der Waals surface area contributed by atoms with E-state index in [0.717, 1.165) is 50.1 Å². The number of methoxy groups -OCH3 is 1. The quantitative estimate of drug-likeness (QED) is 0.346. The van der Waals surface area contributed by atoms with Gasteiger partial charge in [0.1, 0.15) is 5.75 Å².